The van der Waals surface area contributed by atoms with Crippen LogP contribution >= 0.6 is 23.2 Å². The number of likely N-dealkylation sites (tertiary alicyclic amines) is 1. The summed E-state index contributed by atoms with van der Waals surface area (Å²) >= 11 is 12.8. The van der Waals surface area contributed by atoms with Crippen LogP contribution in [-0.4, -0.2) is 70.2 Å². The summed E-state index contributed by atoms with van der Waals surface area (Å²) in [5.74, 6) is 1.45. The number of nitrogens with zero attached hydrogens (tertiary/aromatic N) is 5. The minimum absolute atomic E-state index is 0.141. The second kappa shape index (κ2) is 14.5. The van der Waals surface area contributed by atoms with Crippen LogP contribution in [0.15, 0.2) is 65.8 Å². The van der Waals surface area contributed by atoms with Gasteiger partial charge in [-0.15, -0.1) is 0 Å². The highest BCUT2D eigenvalue weighted by atomic mass is 35.5. The number of amides is 3. The average Bonchev–Trinajstić information content (AvgIpc) is 3.32. The van der Waals surface area contributed by atoms with Crippen LogP contribution < -0.4 is 4.74 Å². The standard InChI is InChI=1S/C40H51Cl2N5O3/c1-10-50-33-24-34(38(4,5)6)43-25-32(33)36-44-39(7,28-11-15-30(41)16-12-28)40(8,29-13-17-31(42)18-14-29)47(36)37(49)46-21-19-27(20-22-46)23-35(48)45(9)26(2)3/h11-18,24-27H,10,19-23H2,1-9H3/t39-,40+/m0/s1. The first-order valence-corrected chi connectivity index (χ1v) is 18.4. The fourth-order valence-corrected chi connectivity index (χ4v) is 7.26. The second-order valence-corrected chi connectivity index (χ2v) is 16.1. The van der Waals surface area contributed by atoms with Gasteiger partial charge >= 0.3 is 6.03 Å². The molecule has 0 N–H and O–H groups in total. The van der Waals surface area contributed by atoms with E-state index in [2.05, 4.69) is 34.6 Å². The van der Waals surface area contributed by atoms with Gasteiger partial charge in [0.15, 0.2) is 0 Å². The molecule has 0 saturated carbocycles. The zero-order chi connectivity index (χ0) is 36.6. The van der Waals surface area contributed by atoms with Gasteiger partial charge < -0.3 is 14.5 Å². The number of urea groups is 1. The quantitative estimate of drug-likeness (QED) is 0.233. The zero-order valence-electron chi connectivity index (χ0n) is 30.9. The predicted molar refractivity (Wildman–Crippen MR) is 202 cm³/mol. The molecule has 10 heteroatoms. The summed E-state index contributed by atoms with van der Waals surface area (Å²) in [7, 11) is 1.86. The molecule has 1 saturated heterocycles. The highest BCUT2D eigenvalue weighted by Gasteiger charge is 2.60. The minimum atomic E-state index is -1.02. The number of ether oxygens (including phenoxy) is 1. The Morgan fingerprint density at radius 1 is 0.980 bits per heavy atom. The van der Waals surface area contributed by atoms with Gasteiger partial charge in [-0.05, 0) is 88.8 Å². The van der Waals surface area contributed by atoms with Crippen LogP contribution in [0.3, 0.4) is 0 Å². The van der Waals surface area contributed by atoms with Gasteiger partial charge in [-0.2, -0.15) is 0 Å². The van der Waals surface area contributed by atoms with Crippen molar-refractivity contribution in [2.75, 3.05) is 26.7 Å². The lowest BCUT2D eigenvalue weighted by atomic mass is 9.71. The van der Waals surface area contributed by atoms with Crippen molar-refractivity contribution in [2.24, 2.45) is 10.9 Å². The Morgan fingerprint density at radius 2 is 1.54 bits per heavy atom. The number of hydrogen-bond donors (Lipinski definition) is 0. The Hall–Kier alpha value is -3.62. The summed E-state index contributed by atoms with van der Waals surface area (Å²) < 4.78 is 6.28. The molecular formula is C40H51Cl2N5O3. The molecule has 0 bridgehead atoms. The third-order valence-electron chi connectivity index (χ3n) is 10.6. The molecule has 5 rings (SSSR count). The molecule has 0 spiro atoms. The van der Waals surface area contributed by atoms with Crippen LogP contribution in [0.2, 0.25) is 10.0 Å². The van der Waals surface area contributed by atoms with Crippen LogP contribution in [0.1, 0.15) is 97.0 Å². The maximum atomic E-state index is 15.2. The Kier molecular flexibility index (Phi) is 10.9. The number of piperidine rings is 1. The summed E-state index contributed by atoms with van der Waals surface area (Å²) in [6, 6.07) is 17.3. The first kappa shape index (κ1) is 37.6. The van der Waals surface area contributed by atoms with Gasteiger partial charge in [-0.25, -0.2) is 4.79 Å². The first-order chi connectivity index (χ1) is 23.5. The number of hydrogen-bond acceptors (Lipinski definition) is 5. The average molecular weight is 721 g/mol. The van der Waals surface area contributed by atoms with Gasteiger partial charge in [0, 0.05) is 66.0 Å². The maximum absolute atomic E-state index is 15.2. The van der Waals surface area contributed by atoms with E-state index in [0.717, 1.165) is 29.7 Å². The number of aromatic nitrogens is 1. The van der Waals surface area contributed by atoms with Crippen molar-refractivity contribution in [3.05, 3.63) is 93.2 Å². The van der Waals surface area contributed by atoms with E-state index in [4.69, 9.17) is 37.9 Å². The van der Waals surface area contributed by atoms with Gasteiger partial charge in [0.2, 0.25) is 5.91 Å². The molecule has 0 aliphatic carbocycles. The van der Waals surface area contributed by atoms with Crippen molar-refractivity contribution in [1.29, 1.82) is 0 Å². The topological polar surface area (TPSA) is 78.3 Å². The van der Waals surface area contributed by atoms with Crippen LogP contribution in [0.25, 0.3) is 0 Å². The molecule has 3 heterocycles. The number of pyridine rings is 1. The van der Waals surface area contributed by atoms with Crippen LogP contribution in [0, 0.1) is 5.92 Å². The van der Waals surface area contributed by atoms with E-state index in [1.54, 1.807) is 11.1 Å². The Morgan fingerprint density at radius 3 is 2.06 bits per heavy atom. The van der Waals surface area contributed by atoms with E-state index >= 15 is 4.79 Å². The Balaban J connectivity index is 1.65. The summed E-state index contributed by atoms with van der Waals surface area (Å²) in [4.78, 5) is 44.1. The van der Waals surface area contributed by atoms with Crippen molar-refractivity contribution in [3.63, 3.8) is 0 Å². The Bertz CT molecular complexity index is 1730. The molecule has 1 aromatic heterocycles. The van der Waals surface area contributed by atoms with E-state index in [1.807, 2.05) is 92.2 Å². The highest BCUT2D eigenvalue weighted by molar-refractivity contribution is 6.30. The molecule has 0 radical (unpaired) electrons. The highest BCUT2D eigenvalue weighted by Crippen LogP contribution is 2.54. The van der Waals surface area contributed by atoms with Gasteiger partial charge in [0.25, 0.3) is 0 Å². The number of aliphatic imine (C=N–C) groups is 1. The largest absolute Gasteiger partial charge is 0.493 e. The van der Waals surface area contributed by atoms with Crippen LogP contribution in [-0.2, 0) is 21.3 Å². The lowest BCUT2D eigenvalue weighted by molar-refractivity contribution is -0.132. The van der Waals surface area contributed by atoms with E-state index in [0.29, 0.717) is 53.3 Å². The predicted octanol–water partition coefficient (Wildman–Crippen LogP) is 9.07. The van der Waals surface area contributed by atoms with Gasteiger partial charge in [-0.3, -0.25) is 19.7 Å². The van der Waals surface area contributed by atoms with E-state index in [1.165, 1.54) is 0 Å². The third-order valence-corrected chi connectivity index (χ3v) is 11.1. The lowest BCUT2D eigenvalue weighted by Gasteiger charge is -2.47. The molecule has 2 aliphatic heterocycles. The number of carbonyl (C=O) groups is 2. The lowest BCUT2D eigenvalue weighted by Crippen LogP contribution is -2.59. The SMILES string of the molecule is CCOc1cc(C(C)(C)C)ncc1C1=N[C@@](C)(c2ccc(Cl)cc2)[C@@](C)(c2ccc(Cl)cc2)N1C(=O)N1CCC(CC(=O)N(C)C(C)C)CC1. The Labute approximate surface area is 307 Å². The monoisotopic (exact) mass is 719 g/mol. The van der Waals surface area contributed by atoms with E-state index in [-0.39, 0.29) is 29.3 Å². The van der Waals surface area contributed by atoms with Crippen LogP contribution in [0.4, 0.5) is 4.79 Å². The molecule has 50 heavy (non-hydrogen) atoms. The summed E-state index contributed by atoms with van der Waals surface area (Å²) in [5, 5.41) is 1.21. The molecule has 268 valence electrons. The molecule has 1 fully saturated rings. The molecule has 2 aromatic carbocycles. The van der Waals surface area contributed by atoms with Gasteiger partial charge in [0.1, 0.15) is 22.7 Å². The van der Waals surface area contributed by atoms with Crippen molar-refractivity contribution in [1.82, 2.24) is 19.7 Å². The summed E-state index contributed by atoms with van der Waals surface area (Å²) in [5.41, 5.74) is 1.09. The normalized spacial score (nSPS) is 21.4. The molecule has 2 atom stereocenters. The van der Waals surface area contributed by atoms with E-state index < -0.39 is 11.1 Å². The van der Waals surface area contributed by atoms with Crippen LogP contribution in [0.5, 0.6) is 5.75 Å². The number of amidine groups is 1. The molecule has 2 aliphatic rings. The maximum Gasteiger partial charge on any atom is 0.326 e. The third kappa shape index (κ3) is 7.11. The molecule has 0 unspecified atom stereocenters. The van der Waals surface area contributed by atoms with Gasteiger partial charge in [-0.1, -0.05) is 68.2 Å². The first-order valence-electron chi connectivity index (χ1n) is 17.6. The van der Waals surface area contributed by atoms with Crippen molar-refractivity contribution in [2.45, 2.75) is 97.2 Å². The van der Waals surface area contributed by atoms with Crippen molar-refractivity contribution < 1.29 is 14.3 Å². The number of carbonyl (C=O) groups excluding carboxylic acids is 2. The summed E-state index contributed by atoms with van der Waals surface area (Å²) in [6.45, 7) is 18.0. The fourth-order valence-electron chi connectivity index (χ4n) is 7.01. The number of rotatable bonds is 8. The van der Waals surface area contributed by atoms with Gasteiger partial charge in [0.05, 0.1) is 12.2 Å². The molecular weight excluding hydrogens is 669 g/mol. The minimum Gasteiger partial charge on any atom is -0.493 e. The molecule has 8 nitrogen and oxygen atoms in total. The van der Waals surface area contributed by atoms with E-state index in [9.17, 15) is 4.79 Å². The van der Waals surface area contributed by atoms with Crippen molar-refractivity contribution in [3.8, 4) is 5.75 Å². The zero-order valence-corrected chi connectivity index (χ0v) is 32.4. The fraction of sp³-hybridized carbons (Fsp3) is 0.500. The smallest absolute Gasteiger partial charge is 0.326 e. The second-order valence-electron chi connectivity index (χ2n) is 15.2. The molecule has 3 aromatic rings. The number of halogens is 2. The summed E-state index contributed by atoms with van der Waals surface area (Å²) in [6.07, 6.45) is 3.75. The number of benzene rings is 2. The van der Waals surface area contributed by atoms with Crippen molar-refractivity contribution >= 4 is 41.0 Å². The molecule has 3 amide bonds.